The summed E-state index contributed by atoms with van der Waals surface area (Å²) in [5, 5.41) is 11.4. The van der Waals surface area contributed by atoms with Gasteiger partial charge in [-0.2, -0.15) is 4.39 Å². The molecule has 1 heterocycles. The summed E-state index contributed by atoms with van der Waals surface area (Å²) in [6.07, 6.45) is 0.0539. The van der Waals surface area contributed by atoms with E-state index in [1.165, 1.54) is 12.3 Å². The van der Waals surface area contributed by atoms with Crippen molar-refractivity contribution in [3.05, 3.63) is 65.7 Å². The number of benzene rings is 1. The van der Waals surface area contributed by atoms with Crippen LogP contribution >= 0.6 is 0 Å². The lowest BCUT2D eigenvalue weighted by atomic mass is 10.1. The smallest absolute Gasteiger partial charge is 0.407 e. The number of rotatable bonds is 6. The molecule has 1 aromatic carbocycles. The van der Waals surface area contributed by atoms with Crippen LogP contribution in [0.2, 0.25) is 0 Å². The zero-order valence-electron chi connectivity index (χ0n) is 12.1. The van der Waals surface area contributed by atoms with Crippen molar-refractivity contribution < 1.29 is 23.8 Å². The molecule has 1 amide bonds. The second kappa shape index (κ2) is 7.88. The predicted octanol–water partition coefficient (Wildman–Crippen LogP) is 2.66. The second-order valence-corrected chi connectivity index (χ2v) is 4.77. The lowest BCUT2D eigenvalue weighted by molar-refractivity contribution is -0.137. The Balaban J connectivity index is 1.98. The summed E-state index contributed by atoms with van der Waals surface area (Å²) in [6.45, 7) is 0.0636. The van der Waals surface area contributed by atoms with Gasteiger partial charge in [0, 0.05) is 6.20 Å². The zero-order chi connectivity index (χ0) is 16.7. The van der Waals surface area contributed by atoms with Crippen LogP contribution in [0.1, 0.15) is 23.6 Å². The number of ether oxygens (including phenoxy) is 1. The summed E-state index contributed by atoms with van der Waals surface area (Å²) in [5.41, 5.74) is 1.19. The van der Waals surface area contributed by atoms with Crippen LogP contribution < -0.4 is 5.32 Å². The Hall–Kier alpha value is -2.96. The molecule has 120 valence electrons. The topological polar surface area (TPSA) is 88.5 Å². The summed E-state index contributed by atoms with van der Waals surface area (Å²) in [6, 6.07) is 10.7. The van der Waals surface area contributed by atoms with Gasteiger partial charge in [-0.3, -0.25) is 4.79 Å². The van der Waals surface area contributed by atoms with E-state index in [1.807, 2.05) is 18.2 Å². The minimum Gasteiger partial charge on any atom is -0.481 e. The number of pyridine rings is 1. The summed E-state index contributed by atoms with van der Waals surface area (Å²) >= 11 is 0. The molecule has 0 bridgehead atoms. The molecule has 2 rings (SSSR count). The van der Waals surface area contributed by atoms with Crippen LogP contribution in [0.4, 0.5) is 9.18 Å². The second-order valence-electron chi connectivity index (χ2n) is 4.77. The van der Waals surface area contributed by atoms with Crippen molar-refractivity contribution in [3.63, 3.8) is 0 Å². The number of nitrogens with one attached hydrogen (secondary N) is 1. The van der Waals surface area contributed by atoms with E-state index in [9.17, 15) is 14.0 Å². The minimum atomic E-state index is -1.11. The molecule has 6 nitrogen and oxygen atoms in total. The monoisotopic (exact) mass is 318 g/mol. The number of carbonyl (C=O) groups excluding carboxylic acids is 1. The first-order chi connectivity index (χ1) is 11.0. The zero-order valence-corrected chi connectivity index (χ0v) is 12.1. The van der Waals surface area contributed by atoms with E-state index < -0.39 is 24.1 Å². The number of carboxylic acids is 1. The van der Waals surface area contributed by atoms with Gasteiger partial charge in [0.25, 0.3) is 0 Å². The maximum absolute atomic E-state index is 12.8. The van der Waals surface area contributed by atoms with Crippen molar-refractivity contribution in [1.29, 1.82) is 0 Å². The van der Waals surface area contributed by atoms with Gasteiger partial charge < -0.3 is 15.2 Å². The average Bonchev–Trinajstić information content (AvgIpc) is 2.53. The van der Waals surface area contributed by atoms with Gasteiger partial charge in [-0.05, 0) is 17.2 Å². The molecule has 2 aromatic rings. The van der Waals surface area contributed by atoms with Crippen LogP contribution in [-0.2, 0) is 16.1 Å². The molecule has 0 unspecified atom stereocenters. The number of amides is 1. The summed E-state index contributed by atoms with van der Waals surface area (Å²) < 4.78 is 17.9. The first kappa shape index (κ1) is 16.4. The first-order valence-corrected chi connectivity index (χ1v) is 6.85. The number of aromatic nitrogens is 1. The molecule has 2 N–H and O–H groups in total. The van der Waals surface area contributed by atoms with Crippen LogP contribution in [0.3, 0.4) is 0 Å². The molecule has 1 atom stereocenters. The lowest BCUT2D eigenvalue weighted by Gasteiger charge is -2.17. The van der Waals surface area contributed by atoms with E-state index in [0.717, 1.165) is 11.6 Å². The van der Waals surface area contributed by atoms with Crippen LogP contribution in [0.15, 0.2) is 48.7 Å². The highest BCUT2D eigenvalue weighted by Crippen LogP contribution is 2.16. The van der Waals surface area contributed by atoms with Crippen LogP contribution in [0, 0.1) is 5.95 Å². The largest absolute Gasteiger partial charge is 0.481 e. The predicted molar refractivity (Wildman–Crippen MR) is 79.0 cm³/mol. The van der Waals surface area contributed by atoms with Gasteiger partial charge in [0.2, 0.25) is 5.95 Å². The van der Waals surface area contributed by atoms with Crippen LogP contribution in [0.5, 0.6) is 0 Å². The van der Waals surface area contributed by atoms with Gasteiger partial charge in [-0.15, -0.1) is 0 Å². The molecule has 0 saturated carbocycles. The number of alkyl carbamates (subject to hydrolysis) is 1. The molecule has 0 aliphatic carbocycles. The first-order valence-electron chi connectivity index (χ1n) is 6.85. The highest BCUT2D eigenvalue weighted by atomic mass is 19.1. The van der Waals surface area contributed by atoms with Crippen molar-refractivity contribution in [2.75, 3.05) is 0 Å². The Labute approximate surface area is 131 Å². The lowest BCUT2D eigenvalue weighted by Crippen LogP contribution is -2.30. The Bertz CT molecular complexity index is 662. The number of carbonyl (C=O) groups is 2. The number of carboxylic acid groups (broad SMARTS) is 1. The summed E-state index contributed by atoms with van der Waals surface area (Å²) in [7, 11) is 0. The Morgan fingerprint density at radius 2 is 1.96 bits per heavy atom. The van der Waals surface area contributed by atoms with E-state index in [0.29, 0.717) is 5.56 Å². The fraction of sp³-hybridized carbons (Fsp3) is 0.188. The van der Waals surface area contributed by atoms with Gasteiger partial charge in [-0.25, -0.2) is 9.78 Å². The van der Waals surface area contributed by atoms with Crippen LogP contribution in [0.25, 0.3) is 0 Å². The molecular formula is C16H15FN2O4. The van der Waals surface area contributed by atoms with Gasteiger partial charge >= 0.3 is 12.1 Å². The van der Waals surface area contributed by atoms with E-state index in [2.05, 4.69) is 10.3 Å². The molecule has 0 radical (unpaired) electrons. The van der Waals surface area contributed by atoms with Crippen molar-refractivity contribution in [2.24, 2.45) is 0 Å². The highest BCUT2D eigenvalue weighted by Gasteiger charge is 2.19. The highest BCUT2D eigenvalue weighted by molar-refractivity contribution is 5.71. The maximum Gasteiger partial charge on any atom is 0.407 e. The Kier molecular flexibility index (Phi) is 5.62. The third kappa shape index (κ3) is 5.39. The normalized spacial score (nSPS) is 11.5. The van der Waals surface area contributed by atoms with E-state index >= 15 is 0 Å². The van der Waals surface area contributed by atoms with Crippen molar-refractivity contribution >= 4 is 12.1 Å². The van der Waals surface area contributed by atoms with Crippen molar-refractivity contribution in [1.82, 2.24) is 10.3 Å². The quantitative estimate of drug-likeness (QED) is 0.799. The van der Waals surface area contributed by atoms with Gasteiger partial charge in [-0.1, -0.05) is 36.4 Å². The molecule has 23 heavy (non-hydrogen) atoms. The SMILES string of the molecule is O=C(O)C[C@@H](NC(=O)OCc1ccccc1)c1ccc(F)nc1. The fourth-order valence-corrected chi connectivity index (χ4v) is 1.93. The van der Waals surface area contributed by atoms with Gasteiger partial charge in [0.05, 0.1) is 12.5 Å². The molecule has 1 aromatic heterocycles. The number of halogens is 1. The van der Waals surface area contributed by atoms with Crippen molar-refractivity contribution in [2.45, 2.75) is 19.1 Å². The molecular weight excluding hydrogens is 303 g/mol. The fourth-order valence-electron chi connectivity index (χ4n) is 1.93. The standard InChI is InChI=1S/C16H15FN2O4/c17-14-7-6-12(9-18-14)13(8-15(20)21)19-16(22)23-10-11-4-2-1-3-5-11/h1-7,9,13H,8,10H2,(H,19,22)(H,20,21)/t13-/m1/s1. The molecule has 0 saturated heterocycles. The number of nitrogens with zero attached hydrogens (tertiary/aromatic N) is 1. The molecule has 0 fully saturated rings. The van der Waals surface area contributed by atoms with Gasteiger partial charge in [0.1, 0.15) is 6.61 Å². The number of hydrogen-bond acceptors (Lipinski definition) is 4. The number of aliphatic carboxylic acids is 1. The Morgan fingerprint density at radius 1 is 1.22 bits per heavy atom. The van der Waals surface area contributed by atoms with E-state index in [1.54, 1.807) is 12.1 Å². The van der Waals surface area contributed by atoms with Crippen molar-refractivity contribution in [3.8, 4) is 0 Å². The third-order valence-corrected chi connectivity index (χ3v) is 3.04. The summed E-state index contributed by atoms with van der Waals surface area (Å²) in [4.78, 5) is 26.2. The minimum absolute atomic E-state index is 0.0636. The Morgan fingerprint density at radius 3 is 2.57 bits per heavy atom. The van der Waals surface area contributed by atoms with E-state index in [-0.39, 0.29) is 13.0 Å². The molecule has 0 spiro atoms. The number of hydrogen-bond donors (Lipinski definition) is 2. The molecule has 0 aliphatic heterocycles. The van der Waals surface area contributed by atoms with Crippen LogP contribution in [-0.4, -0.2) is 22.2 Å². The average molecular weight is 318 g/mol. The van der Waals surface area contributed by atoms with E-state index in [4.69, 9.17) is 9.84 Å². The van der Waals surface area contributed by atoms with Gasteiger partial charge in [0.15, 0.2) is 0 Å². The third-order valence-electron chi connectivity index (χ3n) is 3.04. The maximum atomic E-state index is 12.8. The summed E-state index contributed by atoms with van der Waals surface area (Å²) in [5.74, 6) is -1.79. The molecule has 0 aliphatic rings. The molecule has 7 heteroatoms.